The Bertz CT molecular complexity index is 1820. The second-order valence-electron chi connectivity index (χ2n) is 11.5. The lowest BCUT2D eigenvalue weighted by Crippen LogP contribution is -2.26. The van der Waals surface area contributed by atoms with E-state index in [1.807, 2.05) is 12.1 Å². The van der Waals surface area contributed by atoms with E-state index in [0.717, 1.165) is 27.6 Å². The van der Waals surface area contributed by atoms with Crippen molar-refractivity contribution in [3.63, 3.8) is 0 Å². The van der Waals surface area contributed by atoms with Crippen LogP contribution in [0.2, 0.25) is 0 Å². The molecule has 1 N–H and O–H groups in total. The van der Waals surface area contributed by atoms with Gasteiger partial charge in [-0.2, -0.15) is 0 Å². The van der Waals surface area contributed by atoms with E-state index in [9.17, 15) is 0 Å². The molecule has 0 saturated carbocycles. The molecular weight excluding hydrogens is 488 g/mol. The summed E-state index contributed by atoms with van der Waals surface area (Å²) >= 11 is 0. The van der Waals surface area contributed by atoms with Gasteiger partial charge in [0.15, 0.2) is 0 Å². The average molecular weight is 523 g/mol. The first-order valence-corrected chi connectivity index (χ1v) is 14.3. The monoisotopic (exact) mass is 522 g/mol. The van der Waals surface area contributed by atoms with Crippen molar-refractivity contribution in [3.8, 4) is 11.1 Å². The number of rotatable bonds is 5. The van der Waals surface area contributed by atoms with E-state index in [4.69, 9.17) is 4.42 Å². The third-order valence-electron chi connectivity index (χ3n) is 8.19. The van der Waals surface area contributed by atoms with E-state index in [2.05, 4.69) is 135 Å². The minimum absolute atomic E-state index is 0.0481. The van der Waals surface area contributed by atoms with Gasteiger partial charge >= 0.3 is 0 Å². The maximum absolute atomic E-state index is 6.17. The number of nitrogens with one attached hydrogen (secondary N) is 1. The summed E-state index contributed by atoms with van der Waals surface area (Å²) in [4.78, 5) is 2.54. The van der Waals surface area contributed by atoms with Crippen molar-refractivity contribution >= 4 is 39.0 Å². The third-order valence-corrected chi connectivity index (χ3v) is 8.19. The molecule has 0 fully saturated rings. The van der Waals surface area contributed by atoms with Gasteiger partial charge in [0.05, 0.1) is 17.1 Å². The predicted octanol–water partition coefficient (Wildman–Crippen LogP) is 10.8. The molecule has 0 bridgehead atoms. The van der Waals surface area contributed by atoms with Crippen LogP contribution in [0.3, 0.4) is 0 Å². The minimum Gasteiger partial charge on any atom is -0.456 e. The van der Waals surface area contributed by atoms with Crippen LogP contribution in [0, 0.1) is 0 Å². The van der Waals surface area contributed by atoms with Crippen molar-refractivity contribution in [2.24, 2.45) is 0 Å². The molecule has 0 amide bonds. The fourth-order valence-corrected chi connectivity index (χ4v) is 6.19. The fraction of sp³-hybridized carbons (Fsp3) is 0.189. The van der Waals surface area contributed by atoms with Gasteiger partial charge < -0.3 is 14.6 Å². The van der Waals surface area contributed by atoms with E-state index in [1.165, 1.54) is 39.2 Å². The minimum atomic E-state index is -0.0481. The number of benzene rings is 5. The summed E-state index contributed by atoms with van der Waals surface area (Å²) in [7, 11) is 0. The van der Waals surface area contributed by atoms with E-state index in [1.54, 1.807) is 0 Å². The van der Waals surface area contributed by atoms with Crippen molar-refractivity contribution in [1.29, 1.82) is 0 Å². The quantitative estimate of drug-likeness (QED) is 0.244. The van der Waals surface area contributed by atoms with Gasteiger partial charge in [0, 0.05) is 10.8 Å². The van der Waals surface area contributed by atoms with Gasteiger partial charge in [0.2, 0.25) is 0 Å². The van der Waals surface area contributed by atoms with Crippen LogP contribution >= 0.6 is 0 Å². The molecule has 2 heterocycles. The molecule has 1 aliphatic heterocycles. The van der Waals surface area contributed by atoms with Crippen LogP contribution < -0.4 is 10.2 Å². The summed E-state index contributed by atoms with van der Waals surface area (Å²) < 4.78 is 6.17. The van der Waals surface area contributed by atoms with Crippen molar-refractivity contribution in [1.82, 2.24) is 0 Å². The van der Waals surface area contributed by atoms with Crippen molar-refractivity contribution in [2.45, 2.75) is 45.7 Å². The van der Waals surface area contributed by atoms with Gasteiger partial charge in [0.25, 0.3) is 0 Å². The number of hydrogen-bond acceptors (Lipinski definition) is 3. The van der Waals surface area contributed by atoms with Crippen LogP contribution in [0.25, 0.3) is 33.1 Å². The summed E-state index contributed by atoms with van der Waals surface area (Å²) in [5, 5.41) is 6.18. The van der Waals surface area contributed by atoms with E-state index in [0.29, 0.717) is 11.8 Å². The Morgan fingerprint density at radius 3 is 2.02 bits per heavy atom. The van der Waals surface area contributed by atoms with Crippen molar-refractivity contribution < 1.29 is 4.42 Å². The normalized spacial score (nSPS) is 14.8. The average Bonchev–Trinajstić information content (AvgIpc) is 3.55. The molecule has 5 aromatic carbocycles. The van der Waals surface area contributed by atoms with Gasteiger partial charge in [-0.25, -0.2) is 0 Å². The fourth-order valence-electron chi connectivity index (χ4n) is 6.19. The number of hydrogen-bond donors (Lipinski definition) is 1. The molecule has 1 unspecified atom stereocenters. The lowest BCUT2D eigenvalue weighted by Gasteiger charge is -2.34. The topological polar surface area (TPSA) is 28.4 Å². The van der Waals surface area contributed by atoms with Gasteiger partial charge in [-0.3, -0.25) is 0 Å². The molecule has 0 spiro atoms. The van der Waals surface area contributed by atoms with Gasteiger partial charge in [-0.15, -0.1) is 0 Å². The second kappa shape index (κ2) is 9.60. The van der Waals surface area contributed by atoms with Crippen LogP contribution in [0.4, 0.5) is 17.1 Å². The highest BCUT2D eigenvalue weighted by Crippen LogP contribution is 2.51. The number of anilines is 3. The van der Waals surface area contributed by atoms with Crippen molar-refractivity contribution in [3.05, 3.63) is 126 Å². The molecule has 7 rings (SSSR count). The zero-order chi connectivity index (χ0) is 27.4. The van der Waals surface area contributed by atoms with Crippen molar-refractivity contribution in [2.75, 3.05) is 10.2 Å². The first-order chi connectivity index (χ1) is 19.5. The highest BCUT2D eigenvalue weighted by Gasteiger charge is 2.35. The Labute approximate surface area is 236 Å². The molecule has 40 heavy (non-hydrogen) atoms. The Balaban J connectivity index is 1.46. The highest BCUT2D eigenvalue weighted by molar-refractivity contribution is 6.05. The van der Waals surface area contributed by atoms with Gasteiger partial charge in [-0.05, 0) is 82.1 Å². The maximum atomic E-state index is 6.17. The standard InChI is InChI=1S/C37H34N2O/c1-23(2)29-21-27(25-12-6-5-7-13-25)22-30(24(3)4)36(29)39-33-16-10-9-15-32(33)38-37(39)26-18-19-35-31(20-26)28-14-8-11-17-34(28)40-35/h5-24,37-38H,1-4H3. The van der Waals surface area contributed by atoms with Crippen LogP contribution in [-0.2, 0) is 0 Å². The zero-order valence-corrected chi connectivity index (χ0v) is 23.5. The molecule has 0 aliphatic carbocycles. The Morgan fingerprint density at radius 1 is 0.625 bits per heavy atom. The molecule has 0 radical (unpaired) electrons. The number of nitrogens with zero attached hydrogens (tertiary/aromatic N) is 1. The summed E-state index contributed by atoms with van der Waals surface area (Å²) in [6.45, 7) is 9.25. The Hall–Kier alpha value is -4.50. The van der Waals surface area contributed by atoms with Crippen LogP contribution in [0.5, 0.6) is 0 Å². The van der Waals surface area contributed by atoms with E-state index < -0.39 is 0 Å². The molecule has 1 aromatic heterocycles. The molecule has 3 heteroatoms. The third kappa shape index (κ3) is 3.96. The second-order valence-corrected chi connectivity index (χ2v) is 11.5. The maximum Gasteiger partial charge on any atom is 0.135 e. The summed E-state index contributed by atoms with van der Waals surface area (Å²) in [5.41, 5.74) is 12.0. The molecule has 1 aliphatic rings. The van der Waals surface area contributed by atoms with Crippen LogP contribution in [0.15, 0.2) is 114 Å². The van der Waals surface area contributed by atoms with Crippen LogP contribution in [-0.4, -0.2) is 0 Å². The van der Waals surface area contributed by atoms with Crippen LogP contribution in [0.1, 0.15) is 62.4 Å². The first-order valence-electron chi connectivity index (χ1n) is 14.3. The number of furan rings is 1. The van der Waals surface area contributed by atoms with Gasteiger partial charge in [-0.1, -0.05) is 94.4 Å². The van der Waals surface area contributed by atoms with E-state index >= 15 is 0 Å². The van der Waals surface area contributed by atoms with Gasteiger partial charge in [0.1, 0.15) is 17.3 Å². The smallest absolute Gasteiger partial charge is 0.135 e. The Kier molecular flexibility index (Phi) is 5.89. The SMILES string of the molecule is CC(C)c1cc(-c2ccccc2)cc(C(C)C)c1N1c2ccccc2NC1c1ccc2oc3ccccc3c2c1. The largest absolute Gasteiger partial charge is 0.456 e. The highest BCUT2D eigenvalue weighted by atomic mass is 16.3. The summed E-state index contributed by atoms with van der Waals surface area (Å²) in [5.74, 6) is 0.703. The number of fused-ring (bicyclic) bond motifs is 4. The predicted molar refractivity (Wildman–Crippen MR) is 169 cm³/mol. The Morgan fingerprint density at radius 2 is 1.27 bits per heavy atom. The summed E-state index contributed by atoms with van der Waals surface area (Å²) in [6, 6.07) is 39.2. The lowest BCUT2D eigenvalue weighted by atomic mass is 9.87. The van der Waals surface area contributed by atoms with E-state index in [-0.39, 0.29) is 6.17 Å². The molecule has 6 aromatic rings. The molecular formula is C37H34N2O. The molecule has 0 saturated heterocycles. The summed E-state index contributed by atoms with van der Waals surface area (Å²) in [6.07, 6.45) is -0.0481. The lowest BCUT2D eigenvalue weighted by molar-refractivity contribution is 0.668. The molecule has 1 atom stereocenters. The molecule has 198 valence electrons. The zero-order valence-electron chi connectivity index (χ0n) is 23.5. The number of para-hydroxylation sites is 3. The first kappa shape index (κ1) is 24.5. The molecule has 3 nitrogen and oxygen atoms in total.